The lowest BCUT2D eigenvalue weighted by Crippen LogP contribution is -2.49. The number of hydrogen-bond donors (Lipinski definition) is 1. The zero-order chi connectivity index (χ0) is 21.6. The molecule has 0 saturated carbocycles. The van der Waals surface area contributed by atoms with Gasteiger partial charge in [-0.2, -0.15) is 4.31 Å². The molecule has 162 valence electrons. The summed E-state index contributed by atoms with van der Waals surface area (Å²) in [5, 5.41) is 2.74. The highest BCUT2D eigenvalue weighted by molar-refractivity contribution is 7.89. The number of carbonyl (C=O) groups excluding carboxylic acids is 2. The van der Waals surface area contributed by atoms with Gasteiger partial charge in [0, 0.05) is 19.0 Å². The minimum Gasteiger partial charge on any atom is -0.494 e. The summed E-state index contributed by atoms with van der Waals surface area (Å²) < 4.78 is 37.2. The van der Waals surface area contributed by atoms with Crippen molar-refractivity contribution in [3.05, 3.63) is 24.3 Å². The maximum absolute atomic E-state index is 12.9. The highest BCUT2D eigenvalue weighted by atomic mass is 32.2. The van der Waals surface area contributed by atoms with E-state index in [1.165, 1.54) is 23.5 Å². The Bertz CT molecular complexity index is 799. The van der Waals surface area contributed by atoms with Gasteiger partial charge in [0.1, 0.15) is 11.8 Å². The van der Waals surface area contributed by atoms with Crippen LogP contribution in [0.25, 0.3) is 0 Å². The summed E-state index contributed by atoms with van der Waals surface area (Å²) >= 11 is 0. The van der Waals surface area contributed by atoms with Gasteiger partial charge in [0.2, 0.25) is 15.9 Å². The van der Waals surface area contributed by atoms with Crippen molar-refractivity contribution in [2.75, 3.05) is 26.8 Å². The molecule has 1 aliphatic heterocycles. The largest absolute Gasteiger partial charge is 0.494 e. The van der Waals surface area contributed by atoms with E-state index in [2.05, 4.69) is 5.32 Å². The Labute approximate surface area is 172 Å². The van der Waals surface area contributed by atoms with Gasteiger partial charge in [0.15, 0.2) is 0 Å². The quantitative estimate of drug-likeness (QED) is 0.636. The molecule has 1 heterocycles. The SMILES string of the molecule is CCOc1ccc(S(=O)(=O)N2CCC(C(=O)NC(C(=O)OC)C(C)C)CC2)cc1. The Morgan fingerprint density at radius 1 is 1.17 bits per heavy atom. The van der Waals surface area contributed by atoms with Crippen molar-refractivity contribution in [3.63, 3.8) is 0 Å². The first-order valence-corrected chi connectivity index (χ1v) is 11.3. The summed E-state index contributed by atoms with van der Waals surface area (Å²) in [6.07, 6.45) is 0.794. The normalized spacial score (nSPS) is 17.0. The molecular formula is C20H30N2O6S. The van der Waals surface area contributed by atoms with E-state index >= 15 is 0 Å². The summed E-state index contributed by atoms with van der Waals surface area (Å²) in [5.41, 5.74) is 0. The summed E-state index contributed by atoms with van der Waals surface area (Å²) in [5.74, 6) is -0.553. The first-order chi connectivity index (χ1) is 13.7. The molecular weight excluding hydrogens is 396 g/mol. The van der Waals surface area contributed by atoms with E-state index in [-0.39, 0.29) is 35.7 Å². The van der Waals surface area contributed by atoms with Crippen LogP contribution in [0.1, 0.15) is 33.6 Å². The number of hydrogen-bond acceptors (Lipinski definition) is 6. The number of nitrogens with one attached hydrogen (secondary N) is 1. The zero-order valence-corrected chi connectivity index (χ0v) is 18.2. The second kappa shape index (κ2) is 10.1. The Balaban J connectivity index is 1.98. The molecule has 1 saturated heterocycles. The molecule has 0 radical (unpaired) electrons. The number of amides is 1. The van der Waals surface area contributed by atoms with Gasteiger partial charge in [-0.25, -0.2) is 13.2 Å². The van der Waals surface area contributed by atoms with Crippen LogP contribution in [0.4, 0.5) is 0 Å². The van der Waals surface area contributed by atoms with Crippen LogP contribution in [0.3, 0.4) is 0 Å². The fraction of sp³-hybridized carbons (Fsp3) is 0.600. The third-order valence-corrected chi connectivity index (χ3v) is 6.93. The van der Waals surface area contributed by atoms with Gasteiger partial charge >= 0.3 is 5.97 Å². The number of nitrogens with zero attached hydrogens (tertiary/aromatic N) is 1. The summed E-state index contributed by atoms with van der Waals surface area (Å²) in [7, 11) is -2.34. The van der Waals surface area contributed by atoms with Crippen LogP contribution in [-0.4, -0.2) is 57.4 Å². The van der Waals surface area contributed by atoms with Gasteiger partial charge in [-0.3, -0.25) is 4.79 Å². The molecule has 0 bridgehead atoms. The van der Waals surface area contributed by atoms with Crippen LogP contribution < -0.4 is 10.1 Å². The van der Waals surface area contributed by atoms with E-state index in [0.29, 0.717) is 25.2 Å². The van der Waals surface area contributed by atoms with Crippen molar-refractivity contribution < 1.29 is 27.5 Å². The maximum atomic E-state index is 12.9. The molecule has 1 N–H and O–H groups in total. The minimum atomic E-state index is -3.62. The van der Waals surface area contributed by atoms with Gasteiger partial charge in [0.05, 0.1) is 18.6 Å². The molecule has 29 heavy (non-hydrogen) atoms. The third-order valence-electron chi connectivity index (χ3n) is 5.02. The van der Waals surface area contributed by atoms with Gasteiger partial charge < -0.3 is 14.8 Å². The summed E-state index contributed by atoms with van der Waals surface area (Å²) in [6, 6.07) is 5.62. The van der Waals surface area contributed by atoms with Gasteiger partial charge in [-0.1, -0.05) is 13.8 Å². The first-order valence-electron chi connectivity index (χ1n) is 9.81. The van der Waals surface area contributed by atoms with Crippen molar-refractivity contribution in [1.82, 2.24) is 9.62 Å². The molecule has 0 spiro atoms. The second-order valence-corrected chi connectivity index (χ2v) is 9.27. The number of ether oxygens (including phenoxy) is 2. The highest BCUT2D eigenvalue weighted by Crippen LogP contribution is 2.25. The molecule has 1 aromatic carbocycles. The summed E-state index contributed by atoms with van der Waals surface area (Å²) in [6.45, 7) is 6.52. The molecule has 0 aromatic heterocycles. The van der Waals surface area contributed by atoms with Crippen LogP contribution in [0, 0.1) is 11.8 Å². The molecule has 1 unspecified atom stereocenters. The van der Waals surface area contributed by atoms with Crippen LogP contribution in [0.5, 0.6) is 5.75 Å². The fourth-order valence-corrected chi connectivity index (χ4v) is 4.75. The van der Waals surface area contributed by atoms with Gasteiger partial charge in [-0.15, -0.1) is 0 Å². The smallest absolute Gasteiger partial charge is 0.328 e. The number of sulfonamides is 1. The first kappa shape index (κ1) is 23.2. The molecule has 1 atom stereocenters. The molecule has 1 amide bonds. The average molecular weight is 427 g/mol. The monoisotopic (exact) mass is 426 g/mol. The van der Waals surface area contributed by atoms with Crippen molar-refractivity contribution in [1.29, 1.82) is 0 Å². The van der Waals surface area contributed by atoms with E-state index in [4.69, 9.17) is 9.47 Å². The molecule has 1 fully saturated rings. The predicted octanol–water partition coefficient (Wildman–Crippen LogP) is 1.80. The number of benzene rings is 1. The molecule has 9 heteroatoms. The second-order valence-electron chi connectivity index (χ2n) is 7.34. The molecule has 1 aliphatic rings. The van der Waals surface area contributed by atoms with E-state index < -0.39 is 22.0 Å². The van der Waals surface area contributed by atoms with Crippen LogP contribution in [0.2, 0.25) is 0 Å². The van der Waals surface area contributed by atoms with E-state index in [1.54, 1.807) is 12.1 Å². The number of carbonyl (C=O) groups is 2. The highest BCUT2D eigenvalue weighted by Gasteiger charge is 2.34. The van der Waals surface area contributed by atoms with E-state index in [9.17, 15) is 18.0 Å². The maximum Gasteiger partial charge on any atom is 0.328 e. The standard InChI is InChI=1S/C20H30N2O6S/c1-5-28-16-6-8-17(9-7-16)29(25,26)22-12-10-15(11-13-22)19(23)21-18(14(2)3)20(24)27-4/h6-9,14-15,18H,5,10-13H2,1-4H3,(H,21,23). The lowest BCUT2D eigenvalue weighted by molar-refractivity contribution is -0.147. The van der Waals surface area contributed by atoms with E-state index in [0.717, 1.165) is 0 Å². The van der Waals surface area contributed by atoms with Crippen molar-refractivity contribution in [2.24, 2.45) is 11.8 Å². The lowest BCUT2D eigenvalue weighted by atomic mass is 9.95. The Hall–Kier alpha value is -2.13. The number of esters is 1. The van der Waals surface area contributed by atoms with Crippen molar-refractivity contribution >= 4 is 21.9 Å². The Kier molecular flexibility index (Phi) is 8.04. The van der Waals surface area contributed by atoms with Crippen LogP contribution >= 0.6 is 0 Å². The predicted molar refractivity (Wildman–Crippen MR) is 108 cm³/mol. The molecule has 8 nitrogen and oxygen atoms in total. The Morgan fingerprint density at radius 3 is 2.24 bits per heavy atom. The van der Waals surface area contributed by atoms with Gasteiger partial charge in [-0.05, 0) is 49.9 Å². The average Bonchev–Trinajstić information content (AvgIpc) is 2.71. The molecule has 0 aliphatic carbocycles. The topological polar surface area (TPSA) is 102 Å². The fourth-order valence-electron chi connectivity index (χ4n) is 3.28. The number of methoxy groups -OCH3 is 1. The third kappa shape index (κ3) is 5.70. The summed E-state index contributed by atoms with van der Waals surface area (Å²) in [4.78, 5) is 24.6. The number of rotatable bonds is 8. The lowest BCUT2D eigenvalue weighted by Gasteiger charge is -2.31. The molecule has 2 rings (SSSR count). The zero-order valence-electron chi connectivity index (χ0n) is 17.4. The minimum absolute atomic E-state index is 0.105. The number of piperidine rings is 1. The van der Waals surface area contributed by atoms with Crippen molar-refractivity contribution in [3.8, 4) is 5.75 Å². The molecule has 1 aromatic rings. The van der Waals surface area contributed by atoms with Crippen LogP contribution in [-0.2, 0) is 24.3 Å². The van der Waals surface area contributed by atoms with Crippen LogP contribution in [0.15, 0.2) is 29.2 Å². The Morgan fingerprint density at radius 2 is 1.76 bits per heavy atom. The van der Waals surface area contributed by atoms with Gasteiger partial charge in [0.25, 0.3) is 0 Å². The van der Waals surface area contributed by atoms with Crippen molar-refractivity contribution in [2.45, 2.75) is 44.6 Å². The van der Waals surface area contributed by atoms with E-state index in [1.807, 2.05) is 20.8 Å².